The lowest BCUT2D eigenvalue weighted by molar-refractivity contribution is -0.133. The molecule has 0 radical (unpaired) electrons. The van der Waals surface area contributed by atoms with Gasteiger partial charge in [-0.15, -0.1) is 11.3 Å². The molecule has 2 aromatic heterocycles. The molecule has 1 fully saturated rings. The van der Waals surface area contributed by atoms with Crippen molar-refractivity contribution in [2.24, 2.45) is 0 Å². The number of benzene rings is 1. The summed E-state index contributed by atoms with van der Waals surface area (Å²) in [6.07, 6.45) is 1.18. The average molecular weight is 447 g/mol. The Morgan fingerprint density at radius 1 is 1.17 bits per heavy atom. The van der Waals surface area contributed by atoms with Crippen LogP contribution in [0.5, 0.6) is 5.75 Å². The highest BCUT2D eigenvalue weighted by Gasteiger charge is 2.22. The molecule has 0 aliphatic carbocycles. The van der Waals surface area contributed by atoms with Gasteiger partial charge in [0.05, 0.1) is 18.0 Å². The van der Waals surface area contributed by atoms with Crippen LogP contribution in [0, 0.1) is 0 Å². The fourth-order valence-electron chi connectivity index (χ4n) is 3.27. The molecular weight excluding hydrogens is 424 g/mol. The second-order valence-corrected chi connectivity index (χ2v) is 8.44. The number of rotatable bonds is 8. The monoisotopic (exact) mass is 446 g/mol. The molecule has 9 heteroatoms. The third-order valence-corrected chi connectivity index (χ3v) is 6.03. The van der Waals surface area contributed by atoms with Crippen LogP contribution in [0.3, 0.4) is 0 Å². The number of nitrogens with zero attached hydrogens (tertiary/aromatic N) is 4. The Balaban J connectivity index is 1.15. The molecule has 4 rings (SSSR count). The van der Waals surface area contributed by atoms with Crippen LogP contribution in [-0.2, 0) is 11.3 Å². The molecule has 0 saturated carbocycles. The van der Waals surface area contributed by atoms with E-state index in [1.807, 2.05) is 34.5 Å². The van der Waals surface area contributed by atoms with E-state index in [0.717, 1.165) is 23.7 Å². The molecule has 3 heterocycles. The summed E-state index contributed by atoms with van der Waals surface area (Å²) in [4.78, 5) is 22.1. The van der Waals surface area contributed by atoms with E-state index >= 15 is 0 Å². The van der Waals surface area contributed by atoms with Gasteiger partial charge in [0.15, 0.2) is 0 Å². The lowest BCUT2D eigenvalue weighted by Crippen LogP contribution is -2.48. The van der Waals surface area contributed by atoms with Gasteiger partial charge in [-0.3, -0.25) is 9.69 Å². The summed E-state index contributed by atoms with van der Waals surface area (Å²) in [6.45, 7) is 4.13. The lowest BCUT2D eigenvalue weighted by atomic mass is 10.2. The van der Waals surface area contributed by atoms with E-state index in [9.17, 15) is 4.79 Å². The summed E-state index contributed by atoms with van der Waals surface area (Å²) in [5.74, 6) is 2.18. The maximum absolute atomic E-state index is 12.4. The minimum absolute atomic E-state index is 0.173. The minimum Gasteiger partial charge on any atom is -0.494 e. The largest absolute Gasteiger partial charge is 0.494 e. The van der Waals surface area contributed by atoms with E-state index in [1.54, 1.807) is 23.5 Å². The number of hydrogen-bond acceptors (Lipinski definition) is 7. The summed E-state index contributed by atoms with van der Waals surface area (Å²) in [7, 11) is 0. The third-order valence-electron chi connectivity index (χ3n) is 4.91. The summed E-state index contributed by atoms with van der Waals surface area (Å²) in [5.41, 5.74) is 0. The van der Waals surface area contributed by atoms with Gasteiger partial charge in [-0.25, -0.2) is 0 Å². The Morgan fingerprint density at radius 3 is 2.70 bits per heavy atom. The molecule has 0 atom stereocenters. The molecule has 0 spiro atoms. The third kappa shape index (κ3) is 5.59. The minimum atomic E-state index is 0.173. The molecule has 0 unspecified atom stereocenters. The standard InChI is InChI=1S/C21H23ClN4O3S/c22-16-5-7-17(8-6-16)28-13-1-4-20(27)26-11-9-25(10-12-26)15-19-23-21(24-29-19)18-3-2-14-30-18/h2-3,5-8,14H,1,4,9-13,15H2. The lowest BCUT2D eigenvalue weighted by Gasteiger charge is -2.34. The van der Waals surface area contributed by atoms with E-state index < -0.39 is 0 Å². The van der Waals surface area contributed by atoms with E-state index in [1.165, 1.54) is 0 Å². The van der Waals surface area contributed by atoms with Crippen molar-refractivity contribution in [3.05, 3.63) is 52.7 Å². The van der Waals surface area contributed by atoms with Crippen LogP contribution in [0.4, 0.5) is 0 Å². The quantitative estimate of drug-likeness (QED) is 0.488. The first-order chi connectivity index (χ1) is 14.7. The van der Waals surface area contributed by atoms with Crippen molar-refractivity contribution in [3.8, 4) is 16.5 Å². The highest BCUT2D eigenvalue weighted by atomic mass is 35.5. The fraction of sp³-hybridized carbons (Fsp3) is 0.381. The number of amides is 1. The van der Waals surface area contributed by atoms with Crippen molar-refractivity contribution in [1.29, 1.82) is 0 Å². The van der Waals surface area contributed by atoms with Crippen LogP contribution in [0.15, 0.2) is 46.3 Å². The zero-order chi connectivity index (χ0) is 20.8. The van der Waals surface area contributed by atoms with Gasteiger partial charge in [-0.1, -0.05) is 22.8 Å². The van der Waals surface area contributed by atoms with E-state index in [-0.39, 0.29) is 5.91 Å². The Hall–Kier alpha value is -2.42. The topological polar surface area (TPSA) is 71.7 Å². The Morgan fingerprint density at radius 2 is 1.97 bits per heavy atom. The van der Waals surface area contributed by atoms with Gasteiger partial charge >= 0.3 is 0 Å². The van der Waals surface area contributed by atoms with Crippen molar-refractivity contribution < 1.29 is 14.1 Å². The first kappa shape index (κ1) is 20.8. The summed E-state index contributed by atoms with van der Waals surface area (Å²) < 4.78 is 11.0. The number of hydrogen-bond donors (Lipinski definition) is 0. The highest BCUT2D eigenvalue weighted by Crippen LogP contribution is 2.22. The maximum Gasteiger partial charge on any atom is 0.241 e. The number of carbonyl (C=O) groups excluding carboxylic acids is 1. The van der Waals surface area contributed by atoms with Gasteiger partial charge in [-0.05, 0) is 42.1 Å². The zero-order valence-electron chi connectivity index (χ0n) is 16.5. The number of carbonyl (C=O) groups is 1. The van der Waals surface area contributed by atoms with Gasteiger partial charge in [0.2, 0.25) is 17.6 Å². The van der Waals surface area contributed by atoms with E-state index in [4.69, 9.17) is 20.9 Å². The zero-order valence-corrected chi connectivity index (χ0v) is 18.1. The van der Waals surface area contributed by atoms with Crippen LogP contribution < -0.4 is 4.74 Å². The van der Waals surface area contributed by atoms with Crippen LogP contribution in [-0.4, -0.2) is 58.6 Å². The average Bonchev–Trinajstić information content (AvgIpc) is 3.45. The second kappa shape index (κ2) is 10.1. The molecular formula is C21H23ClN4O3S. The van der Waals surface area contributed by atoms with Crippen molar-refractivity contribution in [2.45, 2.75) is 19.4 Å². The molecule has 3 aromatic rings. The van der Waals surface area contributed by atoms with E-state index in [0.29, 0.717) is 55.8 Å². The first-order valence-corrected chi connectivity index (χ1v) is 11.2. The number of ether oxygens (including phenoxy) is 1. The Labute approximate surface area is 184 Å². The van der Waals surface area contributed by atoms with Crippen LogP contribution in [0.25, 0.3) is 10.7 Å². The molecule has 1 aliphatic heterocycles. The summed E-state index contributed by atoms with van der Waals surface area (Å²) in [5, 5.41) is 6.72. The van der Waals surface area contributed by atoms with Crippen LogP contribution >= 0.6 is 22.9 Å². The predicted octanol–water partition coefficient (Wildman–Crippen LogP) is 3.95. The summed E-state index contributed by atoms with van der Waals surface area (Å²) >= 11 is 7.45. The number of thiophene rings is 1. The van der Waals surface area contributed by atoms with Crippen LogP contribution in [0.2, 0.25) is 5.02 Å². The first-order valence-electron chi connectivity index (χ1n) is 9.92. The smallest absolute Gasteiger partial charge is 0.241 e. The van der Waals surface area contributed by atoms with Crippen molar-refractivity contribution in [3.63, 3.8) is 0 Å². The van der Waals surface area contributed by atoms with Gasteiger partial charge in [0.1, 0.15) is 5.75 Å². The molecule has 30 heavy (non-hydrogen) atoms. The molecule has 1 aliphatic rings. The SMILES string of the molecule is O=C(CCCOc1ccc(Cl)cc1)N1CCN(Cc2nc(-c3cccs3)no2)CC1. The molecule has 1 aromatic carbocycles. The normalized spacial score (nSPS) is 14.8. The molecule has 1 amide bonds. The van der Waals surface area contributed by atoms with Crippen molar-refractivity contribution >= 4 is 28.8 Å². The van der Waals surface area contributed by atoms with Gasteiger partial charge in [0.25, 0.3) is 0 Å². The molecule has 7 nitrogen and oxygen atoms in total. The fourth-order valence-corrected chi connectivity index (χ4v) is 4.05. The predicted molar refractivity (Wildman–Crippen MR) is 116 cm³/mol. The number of halogens is 1. The Kier molecular flexibility index (Phi) is 6.99. The van der Waals surface area contributed by atoms with Crippen molar-refractivity contribution in [1.82, 2.24) is 19.9 Å². The van der Waals surface area contributed by atoms with Gasteiger partial charge in [0, 0.05) is 37.6 Å². The Bertz CT molecular complexity index is 938. The van der Waals surface area contributed by atoms with Crippen molar-refractivity contribution in [2.75, 3.05) is 32.8 Å². The van der Waals surface area contributed by atoms with Gasteiger partial charge in [-0.2, -0.15) is 4.98 Å². The maximum atomic E-state index is 12.4. The van der Waals surface area contributed by atoms with Crippen LogP contribution in [0.1, 0.15) is 18.7 Å². The number of aromatic nitrogens is 2. The molecule has 0 bridgehead atoms. The number of piperazine rings is 1. The molecule has 158 valence electrons. The van der Waals surface area contributed by atoms with Gasteiger partial charge < -0.3 is 14.2 Å². The highest BCUT2D eigenvalue weighted by molar-refractivity contribution is 7.13. The van der Waals surface area contributed by atoms with E-state index in [2.05, 4.69) is 15.0 Å². The summed E-state index contributed by atoms with van der Waals surface area (Å²) in [6, 6.07) is 11.2. The second-order valence-electron chi connectivity index (χ2n) is 7.05. The molecule has 1 saturated heterocycles. The molecule has 0 N–H and O–H groups in total.